The molecule has 0 unspecified atom stereocenters. The molecule has 1 amide bonds. The molecule has 0 saturated carbocycles. The Morgan fingerprint density at radius 2 is 2.09 bits per heavy atom. The van der Waals surface area contributed by atoms with E-state index in [-0.39, 0.29) is 5.91 Å². The number of amides is 1. The Kier molecular flexibility index (Phi) is 4.15. The van der Waals surface area contributed by atoms with Crippen molar-refractivity contribution >= 4 is 5.91 Å². The average Bonchev–Trinajstić information content (AvgIpc) is 3.08. The van der Waals surface area contributed by atoms with E-state index in [2.05, 4.69) is 10.3 Å². The van der Waals surface area contributed by atoms with Gasteiger partial charge in [-0.1, -0.05) is 18.2 Å². The SMILES string of the molecule is O=C(NCc1cccc(Oc2ccccn2)c1)c1ccco1. The van der Waals surface area contributed by atoms with E-state index < -0.39 is 0 Å². The summed E-state index contributed by atoms with van der Waals surface area (Å²) in [5.74, 6) is 1.24. The van der Waals surface area contributed by atoms with Gasteiger partial charge in [0, 0.05) is 18.8 Å². The van der Waals surface area contributed by atoms with Gasteiger partial charge in [-0.15, -0.1) is 0 Å². The summed E-state index contributed by atoms with van der Waals surface area (Å²) in [4.78, 5) is 15.9. The molecule has 0 radical (unpaired) electrons. The standard InChI is InChI=1S/C17H14N2O3/c20-17(15-7-4-10-21-15)19-12-13-5-3-6-14(11-13)22-16-8-1-2-9-18-16/h1-11H,12H2,(H,19,20). The van der Waals surface area contributed by atoms with E-state index in [1.165, 1.54) is 6.26 Å². The zero-order chi connectivity index (χ0) is 15.2. The number of rotatable bonds is 5. The fourth-order valence-corrected chi connectivity index (χ4v) is 1.92. The van der Waals surface area contributed by atoms with Crippen molar-refractivity contribution in [1.82, 2.24) is 10.3 Å². The molecule has 0 aliphatic heterocycles. The number of ether oxygens (including phenoxy) is 1. The third kappa shape index (κ3) is 3.52. The molecule has 0 bridgehead atoms. The Bertz CT molecular complexity index is 740. The van der Waals surface area contributed by atoms with Gasteiger partial charge in [-0.05, 0) is 35.9 Å². The van der Waals surface area contributed by atoms with Gasteiger partial charge >= 0.3 is 0 Å². The lowest BCUT2D eigenvalue weighted by atomic mass is 10.2. The van der Waals surface area contributed by atoms with Gasteiger partial charge in [0.05, 0.1) is 6.26 Å². The molecular weight excluding hydrogens is 280 g/mol. The van der Waals surface area contributed by atoms with Crippen LogP contribution >= 0.6 is 0 Å². The second-order valence-corrected chi connectivity index (χ2v) is 4.58. The predicted molar refractivity (Wildman–Crippen MR) is 80.6 cm³/mol. The van der Waals surface area contributed by atoms with Crippen LogP contribution in [0.4, 0.5) is 0 Å². The summed E-state index contributed by atoms with van der Waals surface area (Å²) in [7, 11) is 0. The molecule has 0 aliphatic carbocycles. The first-order chi connectivity index (χ1) is 10.8. The maximum absolute atomic E-state index is 11.8. The Hall–Kier alpha value is -3.08. The molecule has 0 aliphatic rings. The van der Waals surface area contributed by atoms with Crippen molar-refractivity contribution in [3.63, 3.8) is 0 Å². The number of carbonyl (C=O) groups is 1. The predicted octanol–water partition coefficient (Wildman–Crippen LogP) is 3.40. The van der Waals surface area contributed by atoms with Crippen molar-refractivity contribution in [3.8, 4) is 11.6 Å². The lowest BCUT2D eigenvalue weighted by Gasteiger charge is -2.07. The van der Waals surface area contributed by atoms with Crippen molar-refractivity contribution < 1.29 is 13.9 Å². The number of nitrogens with one attached hydrogen (secondary N) is 1. The van der Waals surface area contributed by atoms with Crippen LogP contribution in [0.25, 0.3) is 0 Å². The van der Waals surface area contributed by atoms with E-state index in [9.17, 15) is 4.79 Å². The van der Waals surface area contributed by atoms with Crippen molar-refractivity contribution in [2.24, 2.45) is 0 Å². The first-order valence-corrected chi connectivity index (χ1v) is 6.81. The molecule has 0 fully saturated rings. The minimum absolute atomic E-state index is 0.249. The molecule has 2 aromatic heterocycles. The highest BCUT2D eigenvalue weighted by Crippen LogP contribution is 2.20. The lowest BCUT2D eigenvalue weighted by molar-refractivity contribution is 0.0923. The number of carbonyl (C=O) groups excluding carboxylic acids is 1. The van der Waals surface area contributed by atoms with Gasteiger partial charge in [-0.3, -0.25) is 4.79 Å². The molecule has 5 nitrogen and oxygen atoms in total. The molecule has 3 aromatic rings. The molecule has 2 heterocycles. The van der Waals surface area contributed by atoms with Gasteiger partial charge in [0.2, 0.25) is 5.88 Å². The summed E-state index contributed by atoms with van der Waals surface area (Å²) in [5.41, 5.74) is 0.924. The van der Waals surface area contributed by atoms with Crippen LogP contribution in [-0.2, 0) is 6.54 Å². The maximum atomic E-state index is 11.8. The third-order valence-corrected chi connectivity index (χ3v) is 2.96. The number of hydrogen-bond acceptors (Lipinski definition) is 4. The van der Waals surface area contributed by atoms with E-state index in [4.69, 9.17) is 9.15 Å². The van der Waals surface area contributed by atoms with Gasteiger partial charge in [-0.25, -0.2) is 4.98 Å². The number of pyridine rings is 1. The maximum Gasteiger partial charge on any atom is 0.287 e. The highest BCUT2D eigenvalue weighted by atomic mass is 16.5. The van der Waals surface area contributed by atoms with E-state index in [0.29, 0.717) is 23.9 Å². The minimum Gasteiger partial charge on any atom is -0.459 e. The quantitative estimate of drug-likeness (QED) is 0.783. The Morgan fingerprint density at radius 3 is 2.86 bits per heavy atom. The van der Waals surface area contributed by atoms with E-state index >= 15 is 0 Å². The number of furan rings is 1. The molecule has 22 heavy (non-hydrogen) atoms. The van der Waals surface area contributed by atoms with Crippen LogP contribution in [0.2, 0.25) is 0 Å². The first-order valence-electron chi connectivity index (χ1n) is 6.81. The number of benzene rings is 1. The number of aromatic nitrogens is 1. The van der Waals surface area contributed by atoms with E-state index in [0.717, 1.165) is 5.56 Å². The Balaban J connectivity index is 1.63. The summed E-state index contributed by atoms with van der Waals surface area (Å²) in [6.45, 7) is 0.388. The van der Waals surface area contributed by atoms with Crippen molar-refractivity contribution in [2.75, 3.05) is 0 Å². The number of hydrogen-bond donors (Lipinski definition) is 1. The van der Waals surface area contributed by atoms with Gasteiger partial charge in [0.1, 0.15) is 5.75 Å². The highest BCUT2D eigenvalue weighted by molar-refractivity contribution is 5.91. The molecule has 3 rings (SSSR count). The summed E-state index contributed by atoms with van der Waals surface area (Å²) >= 11 is 0. The van der Waals surface area contributed by atoms with E-state index in [1.54, 1.807) is 24.4 Å². The van der Waals surface area contributed by atoms with Crippen molar-refractivity contribution in [3.05, 3.63) is 78.4 Å². The zero-order valence-corrected chi connectivity index (χ0v) is 11.7. The molecule has 1 N–H and O–H groups in total. The molecule has 1 aromatic carbocycles. The van der Waals surface area contributed by atoms with Crippen LogP contribution in [0.3, 0.4) is 0 Å². The van der Waals surface area contributed by atoms with Crippen molar-refractivity contribution in [1.29, 1.82) is 0 Å². The van der Waals surface area contributed by atoms with Gasteiger partial charge in [-0.2, -0.15) is 0 Å². The van der Waals surface area contributed by atoms with Crippen LogP contribution in [-0.4, -0.2) is 10.9 Å². The summed E-state index contributed by atoms with van der Waals surface area (Å²) in [5, 5.41) is 2.79. The molecular formula is C17H14N2O3. The Morgan fingerprint density at radius 1 is 1.14 bits per heavy atom. The van der Waals surface area contributed by atoms with Gasteiger partial charge in [0.25, 0.3) is 5.91 Å². The molecule has 0 atom stereocenters. The fourth-order valence-electron chi connectivity index (χ4n) is 1.92. The molecule has 0 spiro atoms. The second-order valence-electron chi connectivity index (χ2n) is 4.58. The summed E-state index contributed by atoms with van der Waals surface area (Å²) in [6, 6.07) is 16.2. The fraction of sp³-hybridized carbons (Fsp3) is 0.0588. The van der Waals surface area contributed by atoms with Gasteiger partial charge < -0.3 is 14.5 Å². The molecule has 0 saturated heterocycles. The van der Waals surface area contributed by atoms with Crippen LogP contribution in [0.5, 0.6) is 11.6 Å². The van der Waals surface area contributed by atoms with Crippen LogP contribution in [0.15, 0.2) is 71.5 Å². The minimum atomic E-state index is -0.249. The third-order valence-electron chi connectivity index (χ3n) is 2.96. The first kappa shape index (κ1) is 13.9. The topological polar surface area (TPSA) is 64.4 Å². The second kappa shape index (κ2) is 6.58. The van der Waals surface area contributed by atoms with Crippen LogP contribution < -0.4 is 10.1 Å². The van der Waals surface area contributed by atoms with E-state index in [1.807, 2.05) is 36.4 Å². The normalized spacial score (nSPS) is 10.2. The monoisotopic (exact) mass is 294 g/mol. The lowest BCUT2D eigenvalue weighted by Crippen LogP contribution is -2.22. The number of nitrogens with zero attached hydrogens (tertiary/aromatic N) is 1. The van der Waals surface area contributed by atoms with Gasteiger partial charge in [0.15, 0.2) is 5.76 Å². The Labute approximate surface area is 127 Å². The summed E-state index contributed by atoms with van der Waals surface area (Å²) < 4.78 is 10.7. The van der Waals surface area contributed by atoms with Crippen LogP contribution in [0, 0.1) is 0 Å². The average molecular weight is 294 g/mol. The largest absolute Gasteiger partial charge is 0.459 e. The smallest absolute Gasteiger partial charge is 0.287 e. The van der Waals surface area contributed by atoms with Crippen LogP contribution in [0.1, 0.15) is 16.1 Å². The molecule has 110 valence electrons. The zero-order valence-electron chi connectivity index (χ0n) is 11.7. The summed E-state index contributed by atoms with van der Waals surface area (Å²) in [6.07, 6.45) is 3.14. The molecule has 5 heteroatoms. The highest BCUT2D eigenvalue weighted by Gasteiger charge is 2.08. The van der Waals surface area contributed by atoms with Crippen molar-refractivity contribution in [2.45, 2.75) is 6.54 Å².